The van der Waals surface area contributed by atoms with Crippen LogP contribution in [0.5, 0.6) is 0 Å². The number of hydrogen-bond acceptors (Lipinski definition) is 4. The summed E-state index contributed by atoms with van der Waals surface area (Å²) in [5.74, 6) is 6.62. The molecule has 0 aromatic carbocycles. The van der Waals surface area contributed by atoms with Crippen LogP contribution in [-0.4, -0.2) is 11.7 Å². The molecule has 1 nitrogen and oxygen atoms in total. The molecule has 0 aliphatic heterocycles. The fraction of sp³-hybridized carbons (Fsp3) is 0.167. The summed E-state index contributed by atoms with van der Waals surface area (Å²) >= 11 is 5.31. The van der Waals surface area contributed by atoms with Crippen molar-refractivity contribution < 1.29 is 5.11 Å². The summed E-state index contributed by atoms with van der Waals surface area (Å²) in [6.45, 7) is -0.0760. The summed E-state index contributed by atoms with van der Waals surface area (Å²) in [5.41, 5.74) is 1.04. The molecule has 0 amide bonds. The van der Waals surface area contributed by atoms with Gasteiger partial charge in [0.05, 0.1) is 4.21 Å². The van der Waals surface area contributed by atoms with Crippen LogP contribution in [0.4, 0.5) is 0 Å². The SMILES string of the molecule is OCC#Cc1ccsc1CSc1cccs1. The van der Waals surface area contributed by atoms with Crippen molar-refractivity contribution in [3.05, 3.63) is 39.4 Å². The molecule has 0 bridgehead atoms. The largest absolute Gasteiger partial charge is 0.384 e. The molecular weight excluding hydrogens is 256 g/mol. The second-order valence-electron chi connectivity index (χ2n) is 2.94. The average molecular weight is 266 g/mol. The Balaban J connectivity index is 2.01. The van der Waals surface area contributed by atoms with Crippen LogP contribution in [0.1, 0.15) is 10.4 Å². The van der Waals surface area contributed by atoms with Crippen LogP contribution < -0.4 is 0 Å². The summed E-state index contributed by atoms with van der Waals surface area (Å²) in [6, 6.07) is 6.20. The summed E-state index contributed by atoms with van der Waals surface area (Å²) in [5, 5.41) is 12.8. The van der Waals surface area contributed by atoms with Gasteiger partial charge in [0.2, 0.25) is 0 Å². The molecule has 0 spiro atoms. The van der Waals surface area contributed by atoms with Crippen molar-refractivity contribution in [3.8, 4) is 11.8 Å². The topological polar surface area (TPSA) is 20.2 Å². The van der Waals surface area contributed by atoms with E-state index in [1.165, 1.54) is 9.09 Å². The Bertz CT molecular complexity index is 488. The number of aliphatic hydroxyl groups is 1. The third-order valence-electron chi connectivity index (χ3n) is 1.89. The van der Waals surface area contributed by atoms with Crippen LogP contribution in [-0.2, 0) is 5.75 Å². The Morgan fingerprint density at radius 2 is 2.19 bits per heavy atom. The lowest BCUT2D eigenvalue weighted by Gasteiger charge is -1.96. The number of rotatable bonds is 3. The second kappa shape index (κ2) is 6.12. The number of thiophene rings is 2. The van der Waals surface area contributed by atoms with Crippen molar-refractivity contribution in [1.29, 1.82) is 0 Å². The third-order valence-corrected chi connectivity index (χ3v) is 5.15. The maximum atomic E-state index is 8.66. The Labute approximate surface area is 107 Å². The van der Waals surface area contributed by atoms with Gasteiger partial charge in [-0.2, -0.15) is 0 Å². The van der Waals surface area contributed by atoms with Crippen molar-refractivity contribution in [3.63, 3.8) is 0 Å². The van der Waals surface area contributed by atoms with Crippen molar-refractivity contribution >= 4 is 34.4 Å². The number of thioether (sulfide) groups is 1. The van der Waals surface area contributed by atoms with Gasteiger partial charge < -0.3 is 5.11 Å². The van der Waals surface area contributed by atoms with Crippen LogP contribution in [0, 0.1) is 11.8 Å². The van der Waals surface area contributed by atoms with Gasteiger partial charge in [-0.05, 0) is 22.9 Å². The van der Waals surface area contributed by atoms with Crippen LogP contribution >= 0.6 is 34.4 Å². The van der Waals surface area contributed by atoms with Gasteiger partial charge in [0.1, 0.15) is 6.61 Å². The first kappa shape index (κ1) is 11.7. The summed E-state index contributed by atoms with van der Waals surface area (Å²) in [6.07, 6.45) is 0. The molecule has 2 aromatic heterocycles. The zero-order valence-electron chi connectivity index (χ0n) is 8.47. The van der Waals surface area contributed by atoms with E-state index in [0.29, 0.717) is 0 Å². The fourth-order valence-corrected chi connectivity index (χ4v) is 3.91. The summed E-state index contributed by atoms with van der Waals surface area (Å²) < 4.78 is 1.33. The number of hydrogen-bond donors (Lipinski definition) is 1. The highest BCUT2D eigenvalue weighted by Gasteiger charge is 2.03. The number of aliphatic hydroxyl groups excluding tert-OH is 1. The molecule has 2 heterocycles. The maximum absolute atomic E-state index is 8.66. The zero-order chi connectivity index (χ0) is 11.2. The first-order chi connectivity index (χ1) is 7.90. The van der Waals surface area contributed by atoms with E-state index in [1.807, 2.05) is 23.2 Å². The first-order valence-corrected chi connectivity index (χ1v) is 7.47. The standard InChI is InChI=1S/C12H10OS3/c13-6-1-3-10-5-8-14-11(10)9-16-12-4-2-7-15-12/h2,4-5,7-8,13H,6,9H2. The Hall–Kier alpha value is -0.730. The van der Waals surface area contributed by atoms with Crippen LogP contribution in [0.15, 0.2) is 33.2 Å². The lowest BCUT2D eigenvalue weighted by Crippen LogP contribution is -1.80. The van der Waals surface area contributed by atoms with Crippen molar-refractivity contribution in [2.75, 3.05) is 6.61 Å². The molecule has 4 heteroatoms. The molecule has 1 N–H and O–H groups in total. The van der Waals surface area contributed by atoms with E-state index in [2.05, 4.69) is 29.4 Å². The Kier molecular flexibility index (Phi) is 4.49. The van der Waals surface area contributed by atoms with Crippen LogP contribution in [0.2, 0.25) is 0 Å². The minimum Gasteiger partial charge on any atom is -0.384 e. The predicted octanol–water partition coefficient (Wildman–Crippen LogP) is 3.45. The van der Waals surface area contributed by atoms with E-state index < -0.39 is 0 Å². The smallest absolute Gasteiger partial charge is 0.104 e. The molecule has 0 aliphatic carbocycles. The molecule has 0 radical (unpaired) electrons. The van der Waals surface area contributed by atoms with Gasteiger partial charge in [-0.15, -0.1) is 34.4 Å². The van der Waals surface area contributed by atoms with Gasteiger partial charge in [-0.3, -0.25) is 0 Å². The van der Waals surface area contributed by atoms with Crippen LogP contribution in [0.3, 0.4) is 0 Å². The normalized spacial score (nSPS) is 9.81. The van der Waals surface area contributed by atoms with Crippen molar-refractivity contribution in [2.45, 2.75) is 9.96 Å². The minimum atomic E-state index is -0.0760. The Morgan fingerprint density at radius 1 is 1.25 bits per heavy atom. The van der Waals surface area contributed by atoms with Crippen molar-refractivity contribution in [2.24, 2.45) is 0 Å². The van der Waals surface area contributed by atoms with Gasteiger partial charge in [0.15, 0.2) is 0 Å². The van der Waals surface area contributed by atoms with Gasteiger partial charge in [-0.1, -0.05) is 17.9 Å². The summed E-state index contributed by atoms with van der Waals surface area (Å²) in [7, 11) is 0. The molecule has 0 fully saturated rings. The molecule has 2 rings (SSSR count). The maximum Gasteiger partial charge on any atom is 0.104 e. The van der Waals surface area contributed by atoms with E-state index in [0.717, 1.165) is 11.3 Å². The van der Waals surface area contributed by atoms with E-state index in [9.17, 15) is 0 Å². The van der Waals surface area contributed by atoms with E-state index in [1.54, 1.807) is 22.7 Å². The lowest BCUT2D eigenvalue weighted by molar-refractivity contribution is 0.350. The second-order valence-corrected chi connectivity index (χ2v) is 6.16. The predicted molar refractivity (Wildman–Crippen MR) is 72.2 cm³/mol. The minimum absolute atomic E-state index is 0.0760. The quantitative estimate of drug-likeness (QED) is 0.678. The van der Waals surface area contributed by atoms with Crippen molar-refractivity contribution in [1.82, 2.24) is 0 Å². The highest BCUT2D eigenvalue weighted by atomic mass is 32.2. The molecule has 0 aliphatic rings. The monoisotopic (exact) mass is 266 g/mol. The van der Waals surface area contributed by atoms with Gasteiger partial charge >= 0.3 is 0 Å². The summed E-state index contributed by atoms with van der Waals surface area (Å²) in [4.78, 5) is 1.28. The molecule has 2 aromatic rings. The molecule has 0 atom stereocenters. The lowest BCUT2D eigenvalue weighted by atomic mass is 10.3. The first-order valence-electron chi connectivity index (χ1n) is 4.72. The molecular formula is C12H10OS3. The van der Waals surface area contributed by atoms with E-state index >= 15 is 0 Å². The molecule has 82 valence electrons. The highest BCUT2D eigenvalue weighted by Crippen LogP contribution is 2.30. The molecule has 16 heavy (non-hydrogen) atoms. The van der Waals surface area contributed by atoms with Gasteiger partial charge in [-0.25, -0.2) is 0 Å². The van der Waals surface area contributed by atoms with E-state index in [4.69, 9.17) is 5.11 Å². The van der Waals surface area contributed by atoms with Gasteiger partial charge in [0, 0.05) is 16.2 Å². The average Bonchev–Trinajstić information content (AvgIpc) is 2.94. The highest BCUT2D eigenvalue weighted by molar-refractivity contribution is 8.00. The molecule has 0 saturated carbocycles. The van der Waals surface area contributed by atoms with Crippen LogP contribution in [0.25, 0.3) is 0 Å². The third kappa shape index (κ3) is 3.13. The van der Waals surface area contributed by atoms with E-state index in [-0.39, 0.29) is 6.61 Å². The molecule has 0 saturated heterocycles. The fourth-order valence-electron chi connectivity index (χ4n) is 1.18. The Morgan fingerprint density at radius 3 is 2.94 bits per heavy atom. The van der Waals surface area contributed by atoms with Gasteiger partial charge in [0.25, 0.3) is 0 Å². The zero-order valence-corrected chi connectivity index (χ0v) is 10.9. The molecule has 0 unspecified atom stereocenters.